The van der Waals surface area contributed by atoms with Crippen molar-refractivity contribution in [3.8, 4) is 16.8 Å². The maximum Gasteiger partial charge on any atom is 0.0913 e. The number of para-hydroxylation sites is 1. The number of rotatable bonds is 11. The first-order valence-electron chi connectivity index (χ1n) is 25.8. The van der Waals surface area contributed by atoms with Gasteiger partial charge in [0.15, 0.2) is 0 Å². The lowest BCUT2D eigenvalue weighted by atomic mass is 10.1. The second-order valence-corrected chi connectivity index (χ2v) is 25.3. The molecule has 0 fully saturated rings. The molecule has 11 aromatic carbocycles. The number of hydrazine groups is 2. The van der Waals surface area contributed by atoms with E-state index in [0.29, 0.717) is 0 Å². The molecule has 0 spiro atoms. The predicted octanol–water partition coefficient (Wildman–Crippen LogP) is 19.3. The zero-order valence-electron chi connectivity index (χ0n) is 41.6. The average molecular weight is 1010 g/mol. The van der Waals surface area contributed by atoms with Gasteiger partial charge in [-0.15, -0.1) is 20.1 Å². The van der Waals surface area contributed by atoms with Gasteiger partial charge in [-0.2, -0.15) is 5.12 Å². The Morgan fingerprint density at radius 1 is 0.263 bits per heavy atom. The van der Waals surface area contributed by atoms with Crippen molar-refractivity contribution >= 4 is 58.9 Å². The summed E-state index contributed by atoms with van der Waals surface area (Å²) in [5.41, 5.74) is 9.05. The number of nitrogens with zero attached hydrogens (tertiary/aromatic N) is 4. The zero-order chi connectivity index (χ0) is 50.5. The minimum atomic E-state index is -2.02. The van der Waals surface area contributed by atoms with E-state index < -0.39 is 20.1 Å². The fourth-order valence-electron chi connectivity index (χ4n) is 11.6. The molecule has 1 aromatic heterocycles. The van der Waals surface area contributed by atoms with E-state index in [-0.39, 0.29) is 0 Å². The molecule has 0 amide bonds. The molecule has 2 aliphatic rings. The van der Waals surface area contributed by atoms with E-state index in [2.05, 4.69) is 335 Å². The molecule has 2 aliphatic heterocycles. The van der Waals surface area contributed by atoms with Gasteiger partial charge in [0.2, 0.25) is 0 Å². The number of anilines is 3. The predicted molar refractivity (Wildman–Crippen MR) is 317 cm³/mol. The maximum absolute atomic E-state index is 2.49. The highest BCUT2D eigenvalue weighted by Crippen LogP contribution is 2.75. The smallest absolute Gasteiger partial charge is 0.0913 e. The molecule has 0 saturated carbocycles. The summed E-state index contributed by atoms with van der Waals surface area (Å²) < 4.78 is 2.49. The van der Waals surface area contributed by atoms with E-state index in [9.17, 15) is 0 Å². The lowest BCUT2D eigenvalue weighted by Gasteiger charge is -2.42. The molecule has 14 rings (SSSR count). The van der Waals surface area contributed by atoms with Gasteiger partial charge in [0, 0.05) is 68.0 Å². The molecule has 0 N–H and O–H groups in total. The molecule has 6 heteroatoms. The number of allylic oxidation sites excluding steroid dienone is 2. The Bertz CT molecular complexity index is 3920. The molecule has 0 aliphatic carbocycles. The standard InChI is InChI=1S/C70H52N4S2/c1-8-26-53(27-9-1)54-48-56(50-64(49-54)76(60-34-16-5-17-35-60,61-36-18-6-19-37-61)62-38-20-7-21-39-62)73-67-41-23-22-40-65(67)66-51-55(42-44-68(66)73)74-69-45-43-63(52-70(69)71-46-24-25-47-72(71)74)75(57-28-10-2-11-29-57,58-30-12-3-13-31-58)59-32-14-4-15-33-59/h1-52H. The van der Waals surface area contributed by atoms with Crippen LogP contribution in [0.15, 0.2) is 355 Å². The monoisotopic (exact) mass is 1010 g/mol. The van der Waals surface area contributed by atoms with E-state index in [1.165, 1.54) is 61.1 Å². The van der Waals surface area contributed by atoms with Gasteiger partial charge in [-0.05, 0) is 157 Å². The van der Waals surface area contributed by atoms with Crippen LogP contribution in [0.2, 0.25) is 0 Å². The highest BCUT2D eigenvalue weighted by molar-refractivity contribution is 8.34. The normalized spacial score (nSPS) is 13.5. The summed E-state index contributed by atoms with van der Waals surface area (Å²) in [6.45, 7) is 0. The van der Waals surface area contributed by atoms with Gasteiger partial charge in [-0.25, -0.2) is 10.0 Å². The lowest BCUT2D eigenvalue weighted by Crippen LogP contribution is -2.40. The number of hydrogen-bond acceptors (Lipinski definition) is 3. The van der Waals surface area contributed by atoms with Crippen molar-refractivity contribution in [2.24, 2.45) is 0 Å². The number of fused-ring (bicyclic) bond motifs is 6. The zero-order valence-corrected chi connectivity index (χ0v) is 43.3. The molecule has 4 nitrogen and oxygen atoms in total. The minimum Gasteiger partial charge on any atom is -0.309 e. The third kappa shape index (κ3) is 7.25. The number of hydrogen-bond donors (Lipinski definition) is 0. The van der Waals surface area contributed by atoms with Gasteiger partial charge in [-0.1, -0.05) is 158 Å². The van der Waals surface area contributed by atoms with Crippen LogP contribution in [0.5, 0.6) is 0 Å². The average Bonchev–Trinajstić information content (AvgIpc) is 4.11. The van der Waals surface area contributed by atoms with Gasteiger partial charge in [0.25, 0.3) is 0 Å². The summed E-state index contributed by atoms with van der Waals surface area (Å²) in [7, 11) is -3.94. The Hall–Kier alpha value is -9.20. The SMILES string of the molecule is C1=CN2c3cc(S(c4ccccc4)(c4ccccc4)c4ccccc4)ccc3N(c3ccc4c(c3)c3ccccc3n4-c3cc(-c4ccccc4)cc(S(c4ccccc4)(c4ccccc4)c4ccccc4)c3)N2C=C1. The second kappa shape index (κ2) is 18.9. The van der Waals surface area contributed by atoms with Crippen LogP contribution in [-0.4, -0.2) is 9.69 Å². The van der Waals surface area contributed by atoms with E-state index in [1.54, 1.807) is 0 Å². The summed E-state index contributed by atoms with van der Waals surface area (Å²) in [6.07, 6.45) is 8.59. The first-order chi connectivity index (χ1) is 37.7. The topological polar surface area (TPSA) is 14.7 Å². The maximum atomic E-state index is 2.49. The van der Waals surface area contributed by atoms with Crippen LogP contribution in [0.4, 0.5) is 17.1 Å². The van der Waals surface area contributed by atoms with Crippen molar-refractivity contribution in [1.29, 1.82) is 0 Å². The van der Waals surface area contributed by atoms with E-state index in [1.807, 2.05) is 0 Å². The van der Waals surface area contributed by atoms with Gasteiger partial charge in [0.05, 0.1) is 28.1 Å². The Labute approximate surface area is 447 Å². The molecule has 0 bridgehead atoms. The molecule has 0 saturated heterocycles. The van der Waals surface area contributed by atoms with Crippen molar-refractivity contribution in [3.05, 3.63) is 316 Å². The highest BCUT2D eigenvalue weighted by Gasteiger charge is 2.39. The van der Waals surface area contributed by atoms with Crippen LogP contribution in [0, 0.1) is 0 Å². The van der Waals surface area contributed by atoms with Gasteiger partial charge < -0.3 is 4.57 Å². The minimum absolute atomic E-state index is 1.07. The summed E-state index contributed by atoms with van der Waals surface area (Å²) in [4.78, 5) is 10.3. The molecule has 364 valence electrons. The van der Waals surface area contributed by atoms with E-state index >= 15 is 0 Å². The van der Waals surface area contributed by atoms with E-state index in [4.69, 9.17) is 0 Å². The molecule has 0 radical (unpaired) electrons. The van der Waals surface area contributed by atoms with Gasteiger partial charge in [-0.3, -0.25) is 0 Å². The molecule has 0 unspecified atom stereocenters. The molecule has 12 aromatic rings. The van der Waals surface area contributed by atoms with Gasteiger partial charge >= 0.3 is 0 Å². The van der Waals surface area contributed by atoms with Crippen molar-refractivity contribution < 1.29 is 0 Å². The quantitative estimate of drug-likeness (QED) is 0.128. The first-order valence-corrected chi connectivity index (χ1v) is 29.1. The Morgan fingerprint density at radius 2 is 0.724 bits per heavy atom. The van der Waals surface area contributed by atoms with Crippen LogP contribution in [0.25, 0.3) is 38.6 Å². The van der Waals surface area contributed by atoms with E-state index in [0.717, 1.165) is 33.8 Å². The number of benzene rings is 11. The second-order valence-electron chi connectivity index (χ2n) is 19.0. The lowest BCUT2D eigenvalue weighted by molar-refractivity contribution is 0.408. The fraction of sp³-hybridized carbons (Fsp3) is 0. The summed E-state index contributed by atoms with van der Waals surface area (Å²) in [6, 6.07) is 108. The van der Waals surface area contributed by atoms with Crippen molar-refractivity contribution in [1.82, 2.24) is 9.69 Å². The van der Waals surface area contributed by atoms with Crippen LogP contribution in [-0.2, 0) is 0 Å². The van der Waals surface area contributed by atoms with Crippen LogP contribution in [0.3, 0.4) is 0 Å². The van der Waals surface area contributed by atoms with Crippen LogP contribution < -0.4 is 10.0 Å². The third-order valence-electron chi connectivity index (χ3n) is 14.9. The highest BCUT2D eigenvalue weighted by atomic mass is 32.3. The van der Waals surface area contributed by atoms with Gasteiger partial charge in [0.1, 0.15) is 0 Å². The Kier molecular flexibility index (Phi) is 11.3. The van der Waals surface area contributed by atoms with Crippen LogP contribution >= 0.6 is 20.1 Å². The Morgan fingerprint density at radius 3 is 1.26 bits per heavy atom. The summed E-state index contributed by atoms with van der Waals surface area (Å²) in [5.74, 6) is 0. The molecule has 3 heterocycles. The fourth-order valence-corrected chi connectivity index (χ4v) is 19.4. The molecule has 0 atom stereocenters. The van der Waals surface area contributed by atoms with Crippen molar-refractivity contribution in [3.63, 3.8) is 0 Å². The first kappa shape index (κ1) is 45.4. The van der Waals surface area contributed by atoms with Crippen LogP contribution in [0.1, 0.15) is 0 Å². The summed E-state index contributed by atoms with van der Waals surface area (Å²) >= 11 is 0. The third-order valence-corrected chi connectivity index (χ3v) is 22.6. The largest absolute Gasteiger partial charge is 0.309 e. The molecule has 76 heavy (non-hydrogen) atoms. The molecular weight excluding hydrogens is 961 g/mol. The van der Waals surface area contributed by atoms with Crippen molar-refractivity contribution in [2.75, 3.05) is 10.0 Å². The Balaban J connectivity index is 0.972. The summed E-state index contributed by atoms with van der Waals surface area (Å²) in [5, 5.41) is 9.27. The molecular formula is C70H52N4S2. The number of aromatic nitrogens is 1. The van der Waals surface area contributed by atoms with Crippen molar-refractivity contribution in [2.45, 2.75) is 39.2 Å².